The van der Waals surface area contributed by atoms with Crippen LogP contribution in [0.3, 0.4) is 0 Å². The molecule has 15 heavy (non-hydrogen) atoms. The number of rotatable bonds is 2. The van der Waals surface area contributed by atoms with Gasteiger partial charge in [-0.3, -0.25) is 4.79 Å². The van der Waals surface area contributed by atoms with Crippen LogP contribution in [0.2, 0.25) is 0 Å². The van der Waals surface area contributed by atoms with Gasteiger partial charge in [-0.2, -0.15) is 0 Å². The Morgan fingerprint density at radius 2 is 1.93 bits per heavy atom. The number of hydrogen-bond acceptors (Lipinski definition) is 5. The normalized spacial score (nSPS) is 40.9. The van der Waals surface area contributed by atoms with Crippen LogP contribution in [0.1, 0.15) is 6.92 Å². The third kappa shape index (κ3) is 2.54. The molecule has 0 saturated carbocycles. The molecule has 6 nitrogen and oxygen atoms in total. The summed E-state index contributed by atoms with van der Waals surface area (Å²) in [6, 6.07) is 0. The highest BCUT2D eigenvalue weighted by Gasteiger charge is 2.42. The van der Waals surface area contributed by atoms with E-state index in [1.807, 2.05) is 0 Å². The van der Waals surface area contributed by atoms with E-state index >= 15 is 0 Å². The SMILES string of the molecule is C=CC(=O)NC1O[C@H](C)[C@@H](O)[C@H](O)[C@@H]1O. The van der Waals surface area contributed by atoms with Gasteiger partial charge in [-0.1, -0.05) is 6.58 Å². The summed E-state index contributed by atoms with van der Waals surface area (Å²) < 4.78 is 5.11. The molecule has 0 spiro atoms. The lowest BCUT2D eigenvalue weighted by Crippen LogP contribution is -2.61. The molecule has 0 aromatic heterocycles. The average Bonchev–Trinajstić information content (AvgIpc) is 2.22. The fourth-order valence-corrected chi connectivity index (χ4v) is 1.37. The Labute approximate surface area is 87.2 Å². The zero-order chi connectivity index (χ0) is 11.6. The minimum Gasteiger partial charge on any atom is -0.388 e. The Balaban J connectivity index is 2.66. The van der Waals surface area contributed by atoms with Gasteiger partial charge in [-0.25, -0.2) is 0 Å². The first-order valence-corrected chi connectivity index (χ1v) is 4.60. The van der Waals surface area contributed by atoms with E-state index in [1.165, 1.54) is 6.92 Å². The lowest BCUT2D eigenvalue weighted by molar-refractivity contribution is -0.224. The fourth-order valence-electron chi connectivity index (χ4n) is 1.37. The van der Waals surface area contributed by atoms with E-state index in [4.69, 9.17) is 4.74 Å². The summed E-state index contributed by atoms with van der Waals surface area (Å²) in [5.74, 6) is -0.519. The summed E-state index contributed by atoms with van der Waals surface area (Å²) in [6.07, 6.45) is -4.55. The van der Waals surface area contributed by atoms with Gasteiger partial charge >= 0.3 is 0 Å². The number of amides is 1. The molecule has 1 unspecified atom stereocenters. The lowest BCUT2D eigenvalue weighted by Gasteiger charge is -2.39. The van der Waals surface area contributed by atoms with Crippen molar-refractivity contribution in [3.05, 3.63) is 12.7 Å². The Morgan fingerprint density at radius 3 is 2.47 bits per heavy atom. The number of ether oxygens (including phenoxy) is 1. The van der Waals surface area contributed by atoms with Crippen LogP contribution in [0.25, 0.3) is 0 Å². The van der Waals surface area contributed by atoms with Gasteiger partial charge in [-0.15, -0.1) is 0 Å². The molecule has 5 atom stereocenters. The standard InChI is InChI=1S/C9H15NO5/c1-3-5(11)10-9-8(14)7(13)6(12)4(2)15-9/h3-4,6-9,12-14H,1H2,2H3,(H,10,11)/t4-,6-,7+,8+,9?/m1/s1. The first-order chi connectivity index (χ1) is 6.97. The number of aliphatic hydroxyl groups excluding tert-OH is 3. The van der Waals surface area contributed by atoms with E-state index in [1.54, 1.807) is 0 Å². The maximum Gasteiger partial charge on any atom is 0.245 e. The molecule has 1 amide bonds. The fraction of sp³-hybridized carbons (Fsp3) is 0.667. The molecule has 0 aliphatic carbocycles. The van der Waals surface area contributed by atoms with Crippen molar-refractivity contribution in [2.75, 3.05) is 0 Å². The summed E-state index contributed by atoms with van der Waals surface area (Å²) in [4.78, 5) is 11.0. The Morgan fingerprint density at radius 1 is 1.33 bits per heavy atom. The van der Waals surface area contributed by atoms with Gasteiger partial charge in [0.2, 0.25) is 5.91 Å². The number of carbonyl (C=O) groups is 1. The van der Waals surface area contributed by atoms with Gasteiger partial charge in [-0.05, 0) is 13.0 Å². The second-order valence-corrected chi connectivity index (χ2v) is 3.45. The molecule has 1 rings (SSSR count). The first kappa shape index (κ1) is 12.1. The maximum absolute atomic E-state index is 11.0. The van der Waals surface area contributed by atoms with Gasteiger partial charge in [0.25, 0.3) is 0 Å². The van der Waals surface area contributed by atoms with Crippen molar-refractivity contribution in [3.8, 4) is 0 Å². The highest BCUT2D eigenvalue weighted by Crippen LogP contribution is 2.19. The largest absolute Gasteiger partial charge is 0.388 e. The van der Waals surface area contributed by atoms with E-state index in [0.29, 0.717) is 0 Å². The number of aliphatic hydroxyl groups is 3. The van der Waals surface area contributed by atoms with Crippen LogP contribution in [-0.2, 0) is 9.53 Å². The number of nitrogens with one attached hydrogen (secondary N) is 1. The summed E-state index contributed by atoms with van der Waals surface area (Å²) in [5.41, 5.74) is 0. The maximum atomic E-state index is 11.0. The molecule has 1 aliphatic heterocycles. The Hall–Kier alpha value is -0.950. The first-order valence-electron chi connectivity index (χ1n) is 4.60. The molecule has 1 aliphatic rings. The van der Waals surface area contributed by atoms with Crippen LogP contribution in [-0.4, -0.2) is 51.9 Å². The molecule has 1 fully saturated rings. The van der Waals surface area contributed by atoms with E-state index in [9.17, 15) is 20.1 Å². The van der Waals surface area contributed by atoms with Crippen molar-refractivity contribution in [2.24, 2.45) is 0 Å². The summed E-state index contributed by atoms with van der Waals surface area (Å²) in [5, 5.41) is 30.6. The van der Waals surface area contributed by atoms with Crippen LogP contribution in [0.5, 0.6) is 0 Å². The van der Waals surface area contributed by atoms with E-state index < -0.39 is 36.6 Å². The van der Waals surface area contributed by atoms with E-state index in [-0.39, 0.29) is 0 Å². The summed E-state index contributed by atoms with van der Waals surface area (Å²) >= 11 is 0. The molecule has 6 heteroatoms. The molecule has 1 heterocycles. The minimum absolute atomic E-state index is 0.519. The predicted molar refractivity (Wildman–Crippen MR) is 50.7 cm³/mol. The summed E-state index contributed by atoms with van der Waals surface area (Å²) in [7, 11) is 0. The van der Waals surface area contributed by atoms with Gasteiger partial charge in [0, 0.05) is 0 Å². The predicted octanol–water partition coefficient (Wildman–Crippen LogP) is -1.88. The molecule has 1 saturated heterocycles. The topological polar surface area (TPSA) is 99.0 Å². The molecular weight excluding hydrogens is 202 g/mol. The van der Waals surface area contributed by atoms with Crippen molar-refractivity contribution in [1.82, 2.24) is 5.32 Å². The van der Waals surface area contributed by atoms with Crippen molar-refractivity contribution in [2.45, 2.75) is 37.6 Å². The van der Waals surface area contributed by atoms with Crippen molar-refractivity contribution >= 4 is 5.91 Å². The van der Waals surface area contributed by atoms with E-state index in [0.717, 1.165) is 6.08 Å². The van der Waals surface area contributed by atoms with Gasteiger partial charge in [0.1, 0.15) is 18.3 Å². The van der Waals surface area contributed by atoms with Crippen LogP contribution < -0.4 is 5.32 Å². The average molecular weight is 217 g/mol. The van der Waals surface area contributed by atoms with Crippen molar-refractivity contribution in [3.63, 3.8) is 0 Å². The highest BCUT2D eigenvalue weighted by molar-refractivity contribution is 5.87. The van der Waals surface area contributed by atoms with Gasteiger partial charge in [0.05, 0.1) is 6.10 Å². The van der Waals surface area contributed by atoms with Crippen LogP contribution in [0.4, 0.5) is 0 Å². The number of carbonyl (C=O) groups excluding carboxylic acids is 1. The second-order valence-electron chi connectivity index (χ2n) is 3.45. The minimum atomic E-state index is -1.36. The number of hydrogen-bond donors (Lipinski definition) is 4. The molecule has 0 aromatic rings. The Kier molecular flexibility index (Phi) is 3.81. The van der Waals surface area contributed by atoms with Crippen LogP contribution in [0.15, 0.2) is 12.7 Å². The van der Waals surface area contributed by atoms with Crippen LogP contribution in [0, 0.1) is 0 Å². The highest BCUT2D eigenvalue weighted by atomic mass is 16.5. The zero-order valence-electron chi connectivity index (χ0n) is 8.33. The van der Waals surface area contributed by atoms with Gasteiger partial charge < -0.3 is 25.4 Å². The Bertz CT molecular complexity index is 257. The van der Waals surface area contributed by atoms with E-state index in [2.05, 4.69) is 11.9 Å². The zero-order valence-corrected chi connectivity index (χ0v) is 8.33. The molecule has 4 N–H and O–H groups in total. The lowest BCUT2D eigenvalue weighted by atomic mass is 9.99. The summed E-state index contributed by atoms with van der Waals surface area (Å²) in [6.45, 7) is 4.78. The third-order valence-electron chi connectivity index (χ3n) is 2.32. The smallest absolute Gasteiger partial charge is 0.245 e. The third-order valence-corrected chi connectivity index (χ3v) is 2.32. The second kappa shape index (κ2) is 4.71. The molecule has 0 radical (unpaired) electrons. The molecule has 86 valence electrons. The molecule has 0 bridgehead atoms. The van der Waals surface area contributed by atoms with Crippen LogP contribution >= 0.6 is 0 Å². The van der Waals surface area contributed by atoms with Gasteiger partial charge in [0.15, 0.2) is 6.23 Å². The quantitative estimate of drug-likeness (QED) is 0.406. The monoisotopic (exact) mass is 217 g/mol. The van der Waals surface area contributed by atoms with Crippen molar-refractivity contribution < 1.29 is 24.9 Å². The molecular formula is C9H15NO5. The van der Waals surface area contributed by atoms with Crippen molar-refractivity contribution in [1.29, 1.82) is 0 Å². The molecule has 0 aromatic carbocycles.